The molecule has 0 heterocycles. The SMILES string of the molecule is COc1ccc(NC(=O)c2ccc(S(=O)(=O)Nc3cccc(C(F)(F)F)c3)cc2)cc1. The molecule has 3 aromatic carbocycles. The topological polar surface area (TPSA) is 84.5 Å². The number of nitrogens with one attached hydrogen (secondary N) is 2. The van der Waals surface area contributed by atoms with E-state index in [0.29, 0.717) is 17.5 Å². The molecule has 0 aliphatic heterocycles. The van der Waals surface area contributed by atoms with Crippen molar-refractivity contribution in [1.82, 2.24) is 0 Å². The van der Waals surface area contributed by atoms with Crippen molar-refractivity contribution in [2.75, 3.05) is 17.1 Å². The first-order valence-corrected chi connectivity index (χ1v) is 10.3. The number of methoxy groups -OCH3 is 1. The van der Waals surface area contributed by atoms with Gasteiger partial charge >= 0.3 is 6.18 Å². The lowest BCUT2D eigenvalue weighted by molar-refractivity contribution is -0.137. The number of amides is 1. The van der Waals surface area contributed by atoms with Crippen molar-refractivity contribution in [3.8, 4) is 5.75 Å². The number of carbonyl (C=O) groups is 1. The van der Waals surface area contributed by atoms with Crippen LogP contribution in [0.3, 0.4) is 0 Å². The summed E-state index contributed by atoms with van der Waals surface area (Å²) < 4.78 is 70.6. The van der Waals surface area contributed by atoms with Gasteiger partial charge in [-0.3, -0.25) is 9.52 Å². The predicted molar refractivity (Wildman–Crippen MR) is 110 cm³/mol. The zero-order valence-corrected chi connectivity index (χ0v) is 16.9. The molecule has 3 rings (SSSR count). The highest BCUT2D eigenvalue weighted by atomic mass is 32.2. The molecule has 0 fully saturated rings. The van der Waals surface area contributed by atoms with Crippen LogP contribution in [0.4, 0.5) is 24.5 Å². The number of anilines is 2. The van der Waals surface area contributed by atoms with Gasteiger partial charge in [-0.2, -0.15) is 13.2 Å². The summed E-state index contributed by atoms with van der Waals surface area (Å²) in [6, 6.07) is 15.5. The lowest BCUT2D eigenvalue weighted by Crippen LogP contribution is -2.15. The molecule has 0 atom stereocenters. The Hall–Kier alpha value is -3.53. The van der Waals surface area contributed by atoms with Gasteiger partial charge in [-0.15, -0.1) is 0 Å². The number of hydrogen-bond acceptors (Lipinski definition) is 4. The zero-order chi connectivity index (χ0) is 22.6. The molecule has 0 saturated heterocycles. The quantitative estimate of drug-likeness (QED) is 0.567. The lowest BCUT2D eigenvalue weighted by Gasteiger charge is -2.12. The second-order valence-corrected chi connectivity index (χ2v) is 8.07. The Bertz CT molecular complexity index is 1180. The van der Waals surface area contributed by atoms with Crippen LogP contribution in [0.1, 0.15) is 15.9 Å². The van der Waals surface area contributed by atoms with Crippen molar-refractivity contribution in [2.45, 2.75) is 11.1 Å². The molecule has 0 aliphatic rings. The molecule has 0 aromatic heterocycles. The van der Waals surface area contributed by atoms with Crippen LogP contribution in [0, 0.1) is 0 Å². The third-order valence-electron chi connectivity index (χ3n) is 4.22. The van der Waals surface area contributed by atoms with Gasteiger partial charge in [0.05, 0.1) is 17.6 Å². The Labute approximate surface area is 176 Å². The van der Waals surface area contributed by atoms with E-state index in [9.17, 15) is 26.4 Å². The first-order chi connectivity index (χ1) is 14.6. The third-order valence-corrected chi connectivity index (χ3v) is 5.61. The normalized spacial score (nSPS) is 11.6. The summed E-state index contributed by atoms with van der Waals surface area (Å²) in [5.74, 6) is 0.167. The number of alkyl halides is 3. The zero-order valence-electron chi connectivity index (χ0n) is 16.1. The number of halogens is 3. The fourth-order valence-corrected chi connectivity index (χ4v) is 3.69. The van der Waals surface area contributed by atoms with Crippen molar-refractivity contribution < 1.29 is 31.1 Å². The van der Waals surface area contributed by atoms with Crippen LogP contribution in [-0.2, 0) is 16.2 Å². The van der Waals surface area contributed by atoms with Gasteiger partial charge in [-0.1, -0.05) is 6.07 Å². The Morgan fingerprint density at radius 1 is 0.903 bits per heavy atom. The Morgan fingerprint density at radius 2 is 1.55 bits per heavy atom. The number of sulfonamides is 1. The number of rotatable bonds is 6. The highest BCUT2D eigenvalue weighted by Gasteiger charge is 2.30. The van der Waals surface area contributed by atoms with Gasteiger partial charge in [0.2, 0.25) is 0 Å². The molecule has 0 unspecified atom stereocenters. The Kier molecular flexibility index (Phi) is 6.21. The summed E-state index contributed by atoms with van der Waals surface area (Å²) in [5, 5.41) is 2.66. The minimum absolute atomic E-state index is 0.203. The first-order valence-electron chi connectivity index (χ1n) is 8.84. The summed E-state index contributed by atoms with van der Waals surface area (Å²) in [6.07, 6.45) is -4.60. The Balaban J connectivity index is 1.73. The van der Waals surface area contributed by atoms with Crippen molar-refractivity contribution in [1.29, 1.82) is 0 Å². The van der Waals surface area contributed by atoms with E-state index >= 15 is 0 Å². The maximum Gasteiger partial charge on any atom is 0.416 e. The van der Waals surface area contributed by atoms with E-state index < -0.39 is 27.7 Å². The van der Waals surface area contributed by atoms with E-state index in [1.54, 1.807) is 24.3 Å². The van der Waals surface area contributed by atoms with Gasteiger partial charge in [0.25, 0.3) is 15.9 Å². The molecule has 6 nitrogen and oxygen atoms in total. The lowest BCUT2D eigenvalue weighted by atomic mass is 10.2. The number of benzene rings is 3. The molecular weight excluding hydrogens is 433 g/mol. The molecule has 2 N–H and O–H groups in total. The average molecular weight is 450 g/mol. The molecule has 1 amide bonds. The van der Waals surface area contributed by atoms with E-state index in [4.69, 9.17) is 4.74 Å². The standard InChI is InChI=1S/C21H17F3N2O4S/c1-30-18-9-7-16(8-10-18)25-20(27)14-5-11-19(12-6-14)31(28,29)26-17-4-2-3-15(13-17)21(22,23)24/h2-13,26H,1H3,(H,25,27). The third kappa shape index (κ3) is 5.54. The monoisotopic (exact) mass is 450 g/mol. The van der Waals surface area contributed by atoms with Crippen LogP contribution in [0.2, 0.25) is 0 Å². The fourth-order valence-electron chi connectivity index (χ4n) is 2.64. The molecule has 3 aromatic rings. The summed E-state index contributed by atoms with van der Waals surface area (Å²) in [7, 11) is -2.63. The smallest absolute Gasteiger partial charge is 0.416 e. The summed E-state index contributed by atoms with van der Waals surface area (Å²) in [5.41, 5.74) is -0.475. The molecular formula is C21H17F3N2O4S. The van der Waals surface area contributed by atoms with Crippen molar-refractivity contribution in [3.05, 3.63) is 83.9 Å². The molecule has 0 radical (unpaired) electrons. The first kappa shape index (κ1) is 22.2. The Morgan fingerprint density at radius 3 is 2.13 bits per heavy atom. The van der Waals surface area contributed by atoms with Gasteiger partial charge in [0.15, 0.2) is 0 Å². The van der Waals surface area contributed by atoms with Crippen molar-refractivity contribution >= 4 is 27.3 Å². The highest BCUT2D eigenvalue weighted by Crippen LogP contribution is 2.31. The van der Waals surface area contributed by atoms with Crippen LogP contribution in [0.25, 0.3) is 0 Å². The van der Waals surface area contributed by atoms with Crippen LogP contribution in [-0.4, -0.2) is 21.4 Å². The van der Waals surface area contributed by atoms with E-state index in [2.05, 4.69) is 10.0 Å². The van der Waals surface area contributed by atoms with Crippen LogP contribution < -0.4 is 14.8 Å². The minimum Gasteiger partial charge on any atom is -0.497 e. The van der Waals surface area contributed by atoms with Crippen LogP contribution >= 0.6 is 0 Å². The highest BCUT2D eigenvalue weighted by molar-refractivity contribution is 7.92. The molecule has 0 aliphatic carbocycles. The number of hydrogen-bond donors (Lipinski definition) is 2. The van der Waals surface area contributed by atoms with Gasteiger partial charge in [-0.05, 0) is 66.7 Å². The van der Waals surface area contributed by atoms with E-state index in [0.717, 1.165) is 12.1 Å². The molecule has 0 bridgehead atoms. The molecule has 0 saturated carbocycles. The largest absolute Gasteiger partial charge is 0.497 e. The second kappa shape index (κ2) is 8.68. The fraction of sp³-hybridized carbons (Fsp3) is 0.0952. The molecule has 0 spiro atoms. The molecule has 162 valence electrons. The summed E-state index contributed by atoms with van der Waals surface area (Å²) in [4.78, 5) is 12.1. The maximum atomic E-state index is 12.8. The number of carbonyl (C=O) groups excluding carboxylic acids is 1. The average Bonchev–Trinajstić information content (AvgIpc) is 2.73. The second-order valence-electron chi connectivity index (χ2n) is 6.39. The van der Waals surface area contributed by atoms with Gasteiger partial charge in [-0.25, -0.2) is 8.42 Å². The van der Waals surface area contributed by atoms with Gasteiger partial charge in [0.1, 0.15) is 5.75 Å². The van der Waals surface area contributed by atoms with E-state index in [-0.39, 0.29) is 16.1 Å². The number of ether oxygens (including phenoxy) is 1. The van der Waals surface area contributed by atoms with Crippen molar-refractivity contribution in [2.24, 2.45) is 0 Å². The predicted octanol–water partition coefficient (Wildman–Crippen LogP) is 4.77. The van der Waals surface area contributed by atoms with Crippen LogP contribution in [0.5, 0.6) is 5.75 Å². The molecule has 10 heteroatoms. The maximum absolute atomic E-state index is 12.8. The summed E-state index contributed by atoms with van der Waals surface area (Å²) in [6.45, 7) is 0. The van der Waals surface area contributed by atoms with E-state index in [1.807, 2.05) is 0 Å². The van der Waals surface area contributed by atoms with Crippen LogP contribution in [0.15, 0.2) is 77.7 Å². The van der Waals surface area contributed by atoms with Crippen molar-refractivity contribution in [3.63, 3.8) is 0 Å². The molecule has 31 heavy (non-hydrogen) atoms. The minimum atomic E-state index is -4.60. The summed E-state index contributed by atoms with van der Waals surface area (Å²) >= 11 is 0. The van der Waals surface area contributed by atoms with Gasteiger partial charge < -0.3 is 10.1 Å². The van der Waals surface area contributed by atoms with E-state index in [1.165, 1.54) is 37.4 Å². The van der Waals surface area contributed by atoms with Gasteiger partial charge in [0, 0.05) is 16.9 Å².